The van der Waals surface area contributed by atoms with Crippen molar-refractivity contribution in [1.82, 2.24) is 0 Å². The van der Waals surface area contributed by atoms with Crippen LogP contribution in [0.2, 0.25) is 5.02 Å². The monoisotopic (exact) mass is 242 g/mol. The average Bonchev–Trinajstić information content (AvgIpc) is 2.19. The first-order valence-corrected chi connectivity index (χ1v) is 5.84. The van der Waals surface area contributed by atoms with Crippen molar-refractivity contribution in [3.05, 3.63) is 28.3 Å². The molecule has 0 saturated heterocycles. The van der Waals surface area contributed by atoms with Crippen molar-refractivity contribution in [3.63, 3.8) is 0 Å². The Bertz CT molecular complexity index is 367. The third-order valence-electron chi connectivity index (χ3n) is 2.45. The van der Waals surface area contributed by atoms with Crippen LogP contribution in [0.15, 0.2) is 12.1 Å². The number of benzene rings is 1. The molecule has 0 aliphatic heterocycles. The van der Waals surface area contributed by atoms with Gasteiger partial charge in [0.15, 0.2) is 0 Å². The van der Waals surface area contributed by atoms with Crippen molar-refractivity contribution in [2.24, 2.45) is 0 Å². The van der Waals surface area contributed by atoms with Crippen LogP contribution < -0.4 is 4.74 Å². The summed E-state index contributed by atoms with van der Waals surface area (Å²) in [6, 6.07) is 3.88. The molecular formula is C13H19ClO2. The number of hydrogen-bond donors (Lipinski definition) is 1. The lowest BCUT2D eigenvalue weighted by atomic mass is 9.86. The van der Waals surface area contributed by atoms with Crippen LogP contribution in [0.4, 0.5) is 0 Å². The molecule has 0 aromatic heterocycles. The van der Waals surface area contributed by atoms with Gasteiger partial charge in [-0.15, -0.1) is 0 Å². The molecule has 0 saturated carbocycles. The summed E-state index contributed by atoms with van der Waals surface area (Å²) in [6.45, 7) is 8.77. The normalized spacial score (nSPS) is 11.6. The summed E-state index contributed by atoms with van der Waals surface area (Å²) in [5.41, 5.74) is 1.85. The summed E-state index contributed by atoms with van der Waals surface area (Å²) >= 11 is 6.12. The maximum atomic E-state index is 9.26. The summed E-state index contributed by atoms with van der Waals surface area (Å²) in [4.78, 5) is 0. The highest BCUT2D eigenvalue weighted by Gasteiger charge is 2.18. The number of hydrogen-bond acceptors (Lipinski definition) is 2. The lowest BCUT2D eigenvalue weighted by Crippen LogP contribution is -2.12. The van der Waals surface area contributed by atoms with E-state index in [1.165, 1.54) is 0 Å². The molecule has 0 bridgehead atoms. The second-order valence-electron chi connectivity index (χ2n) is 4.79. The minimum Gasteiger partial charge on any atom is -0.492 e. The van der Waals surface area contributed by atoms with Gasteiger partial charge < -0.3 is 9.84 Å². The van der Waals surface area contributed by atoms with Gasteiger partial charge in [0.25, 0.3) is 0 Å². The third-order valence-corrected chi connectivity index (χ3v) is 2.88. The molecule has 0 heterocycles. The SMILES string of the molecule is CCOc1cc(C(C)(C)C)cc(CO)c1Cl. The van der Waals surface area contributed by atoms with Crippen LogP contribution in [0.1, 0.15) is 38.8 Å². The quantitative estimate of drug-likeness (QED) is 0.879. The molecule has 0 spiro atoms. The summed E-state index contributed by atoms with van der Waals surface area (Å²) in [5.74, 6) is 0.653. The fourth-order valence-corrected chi connectivity index (χ4v) is 1.69. The van der Waals surface area contributed by atoms with Gasteiger partial charge in [-0.05, 0) is 24.0 Å². The fourth-order valence-electron chi connectivity index (χ4n) is 1.46. The van der Waals surface area contributed by atoms with Crippen molar-refractivity contribution in [2.45, 2.75) is 39.7 Å². The molecule has 16 heavy (non-hydrogen) atoms. The molecule has 1 aromatic rings. The van der Waals surface area contributed by atoms with Crippen LogP contribution in [0.5, 0.6) is 5.75 Å². The molecular weight excluding hydrogens is 224 g/mol. The highest BCUT2D eigenvalue weighted by molar-refractivity contribution is 6.32. The maximum absolute atomic E-state index is 9.26. The van der Waals surface area contributed by atoms with E-state index >= 15 is 0 Å². The molecule has 1 rings (SSSR count). The Kier molecular flexibility index (Phi) is 4.22. The second kappa shape index (κ2) is 5.07. The van der Waals surface area contributed by atoms with Crippen molar-refractivity contribution in [1.29, 1.82) is 0 Å². The molecule has 1 N–H and O–H groups in total. The molecule has 0 aliphatic carbocycles. The summed E-state index contributed by atoms with van der Waals surface area (Å²) < 4.78 is 5.47. The Hall–Kier alpha value is -0.730. The topological polar surface area (TPSA) is 29.5 Å². The molecule has 0 radical (unpaired) electrons. The van der Waals surface area contributed by atoms with E-state index in [4.69, 9.17) is 16.3 Å². The molecule has 0 atom stereocenters. The Morgan fingerprint density at radius 2 is 1.94 bits per heavy atom. The molecule has 3 heteroatoms. The number of ether oxygens (including phenoxy) is 1. The molecule has 0 unspecified atom stereocenters. The predicted octanol–water partition coefficient (Wildman–Crippen LogP) is 3.53. The van der Waals surface area contributed by atoms with Crippen LogP contribution in [-0.4, -0.2) is 11.7 Å². The summed E-state index contributed by atoms with van der Waals surface area (Å²) in [7, 11) is 0. The van der Waals surface area contributed by atoms with Gasteiger partial charge in [0.1, 0.15) is 5.75 Å². The van der Waals surface area contributed by atoms with E-state index < -0.39 is 0 Å². The van der Waals surface area contributed by atoms with Crippen molar-refractivity contribution >= 4 is 11.6 Å². The average molecular weight is 243 g/mol. The summed E-state index contributed by atoms with van der Waals surface area (Å²) in [6.07, 6.45) is 0. The van der Waals surface area contributed by atoms with Crippen molar-refractivity contribution in [3.8, 4) is 5.75 Å². The molecule has 1 aromatic carbocycles. The smallest absolute Gasteiger partial charge is 0.138 e. The zero-order valence-corrected chi connectivity index (χ0v) is 11.1. The van der Waals surface area contributed by atoms with Crippen LogP contribution in [-0.2, 0) is 12.0 Å². The van der Waals surface area contributed by atoms with E-state index in [2.05, 4.69) is 20.8 Å². The van der Waals surface area contributed by atoms with Gasteiger partial charge in [-0.2, -0.15) is 0 Å². The zero-order valence-electron chi connectivity index (χ0n) is 10.3. The maximum Gasteiger partial charge on any atom is 0.138 e. The molecule has 90 valence electrons. The van der Waals surface area contributed by atoms with Gasteiger partial charge in [-0.1, -0.05) is 38.4 Å². The number of rotatable bonds is 3. The Morgan fingerprint density at radius 3 is 2.38 bits per heavy atom. The van der Waals surface area contributed by atoms with Gasteiger partial charge in [-0.25, -0.2) is 0 Å². The first-order chi connectivity index (χ1) is 7.40. The molecule has 0 amide bonds. The zero-order chi connectivity index (χ0) is 12.3. The van der Waals surface area contributed by atoms with Crippen molar-refractivity contribution < 1.29 is 9.84 Å². The molecule has 0 fully saturated rings. The summed E-state index contributed by atoms with van der Waals surface area (Å²) in [5, 5.41) is 9.77. The predicted molar refractivity (Wildman–Crippen MR) is 67.2 cm³/mol. The van der Waals surface area contributed by atoms with Crippen LogP contribution in [0.3, 0.4) is 0 Å². The highest BCUT2D eigenvalue weighted by atomic mass is 35.5. The van der Waals surface area contributed by atoms with Crippen LogP contribution >= 0.6 is 11.6 Å². The lowest BCUT2D eigenvalue weighted by Gasteiger charge is -2.22. The molecule has 0 aliphatic rings. The van der Waals surface area contributed by atoms with Crippen molar-refractivity contribution in [2.75, 3.05) is 6.61 Å². The van der Waals surface area contributed by atoms with E-state index in [0.717, 1.165) is 11.1 Å². The van der Waals surface area contributed by atoms with E-state index in [1.807, 2.05) is 19.1 Å². The van der Waals surface area contributed by atoms with E-state index in [9.17, 15) is 5.11 Å². The largest absolute Gasteiger partial charge is 0.492 e. The first kappa shape index (κ1) is 13.3. The molecule has 2 nitrogen and oxygen atoms in total. The Labute approximate surface area is 102 Å². The van der Waals surface area contributed by atoms with E-state index in [0.29, 0.717) is 17.4 Å². The first-order valence-electron chi connectivity index (χ1n) is 5.46. The van der Waals surface area contributed by atoms with E-state index in [1.54, 1.807) is 0 Å². The van der Waals surface area contributed by atoms with E-state index in [-0.39, 0.29) is 12.0 Å². The van der Waals surface area contributed by atoms with Gasteiger partial charge in [0, 0.05) is 5.56 Å². The van der Waals surface area contributed by atoms with Gasteiger partial charge in [-0.3, -0.25) is 0 Å². The second-order valence-corrected chi connectivity index (χ2v) is 5.17. The van der Waals surface area contributed by atoms with Gasteiger partial charge in [0.05, 0.1) is 18.2 Å². The third kappa shape index (κ3) is 2.89. The Morgan fingerprint density at radius 1 is 1.31 bits per heavy atom. The standard InChI is InChI=1S/C13H19ClO2/c1-5-16-11-7-10(13(2,3)4)6-9(8-15)12(11)14/h6-7,15H,5,8H2,1-4H3. The van der Waals surface area contributed by atoms with Gasteiger partial charge >= 0.3 is 0 Å². The lowest BCUT2D eigenvalue weighted by molar-refractivity contribution is 0.279. The van der Waals surface area contributed by atoms with Crippen LogP contribution in [0, 0.1) is 0 Å². The van der Waals surface area contributed by atoms with Crippen LogP contribution in [0.25, 0.3) is 0 Å². The highest BCUT2D eigenvalue weighted by Crippen LogP contribution is 2.34. The fraction of sp³-hybridized carbons (Fsp3) is 0.538. The number of aliphatic hydroxyl groups is 1. The number of halogens is 1. The number of aliphatic hydroxyl groups excluding tert-OH is 1. The minimum atomic E-state index is -0.0666. The minimum absolute atomic E-state index is 0.0142. The van der Waals surface area contributed by atoms with Gasteiger partial charge in [0.2, 0.25) is 0 Å². The Balaban J connectivity index is 3.28.